The predicted molar refractivity (Wildman–Crippen MR) is 110 cm³/mol. The third kappa shape index (κ3) is 5.85. The van der Waals surface area contributed by atoms with Crippen LogP contribution in [0.4, 0.5) is 11.4 Å². The summed E-state index contributed by atoms with van der Waals surface area (Å²) in [7, 11) is -3.38. The third-order valence-corrected chi connectivity index (χ3v) is 4.40. The summed E-state index contributed by atoms with van der Waals surface area (Å²) < 4.78 is 30.7. The molecule has 0 aliphatic heterocycles. The molecule has 0 atom stereocenters. The first-order valence-corrected chi connectivity index (χ1v) is 10.4. The van der Waals surface area contributed by atoms with Gasteiger partial charge in [0.05, 0.1) is 11.9 Å². The van der Waals surface area contributed by atoms with Crippen molar-refractivity contribution in [3.63, 3.8) is 0 Å². The predicted octanol–water partition coefficient (Wildman–Crippen LogP) is 3.89. The van der Waals surface area contributed by atoms with E-state index in [9.17, 15) is 13.2 Å². The van der Waals surface area contributed by atoms with Crippen molar-refractivity contribution in [2.24, 2.45) is 0 Å². The van der Waals surface area contributed by atoms with E-state index in [0.29, 0.717) is 29.3 Å². The lowest BCUT2D eigenvalue weighted by atomic mass is 10.2. The van der Waals surface area contributed by atoms with E-state index in [4.69, 9.17) is 4.74 Å². The van der Waals surface area contributed by atoms with Gasteiger partial charge in [0.1, 0.15) is 12.4 Å². The molecule has 6 nitrogen and oxygen atoms in total. The molecule has 3 aromatic carbocycles. The molecule has 0 bridgehead atoms. The van der Waals surface area contributed by atoms with Gasteiger partial charge < -0.3 is 10.1 Å². The average Bonchev–Trinajstić information content (AvgIpc) is 2.66. The Morgan fingerprint density at radius 3 is 2.25 bits per heavy atom. The maximum Gasteiger partial charge on any atom is 0.255 e. The number of nitrogens with one attached hydrogen (secondary N) is 2. The molecule has 7 heteroatoms. The van der Waals surface area contributed by atoms with Crippen LogP contribution in [0.2, 0.25) is 0 Å². The molecule has 0 aliphatic rings. The molecule has 2 N–H and O–H groups in total. The van der Waals surface area contributed by atoms with E-state index < -0.39 is 10.0 Å². The molecule has 0 aliphatic carbocycles. The summed E-state index contributed by atoms with van der Waals surface area (Å²) in [6.45, 7) is 0.451. The number of anilines is 2. The quantitative estimate of drug-likeness (QED) is 0.635. The monoisotopic (exact) mass is 396 g/mol. The van der Waals surface area contributed by atoms with Gasteiger partial charge in [-0.25, -0.2) is 8.42 Å². The van der Waals surface area contributed by atoms with E-state index in [0.717, 1.165) is 11.8 Å². The lowest BCUT2D eigenvalue weighted by Crippen LogP contribution is -2.13. The molecule has 1 amide bonds. The number of hydrogen-bond acceptors (Lipinski definition) is 4. The first kappa shape index (κ1) is 19.4. The van der Waals surface area contributed by atoms with E-state index in [1.807, 2.05) is 30.3 Å². The highest BCUT2D eigenvalue weighted by Crippen LogP contribution is 2.18. The Morgan fingerprint density at radius 1 is 0.893 bits per heavy atom. The van der Waals surface area contributed by atoms with Crippen molar-refractivity contribution < 1.29 is 17.9 Å². The van der Waals surface area contributed by atoms with Crippen molar-refractivity contribution in [2.45, 2.75) is 6.61 Å². The van der Waals surface area contributed by atoms with Gasteiger partial charge in [0.15, 0.2) is 0 Å². The summed E-state index contributed by atoms with van der Waals surface area (Å²) in [6, 6.07) is 23.1. The first-order valence-electron chi connectivity index (χ1n) is 8.55. The van der Waals surface area contributed by atoms with Crippen LogP contribution in [0.5, 0.6) is 5.75 Å². The lowest BCUT2D eigenvalue weighted by molar-refractivity contribution is 0.102. The second-order valence-corrected chi connectivity index (χ2v) is 7.96. The van der Waals surface area contributed by atoms with Gasteiger partial charge in [0.2, 0.25) is 10.0 Å². The summed E-state index contributed by atoms with van der Waals surface area (Å²) in [4.78, 5) is 12.4. The molecular weight excluding hydrogens is 376 g/mol. The van der Waals surface area contributed by atoms with Crippen LogP contribution >= 0.6 is 0 Å². The van der Waals surface area contributed by atoms with Gasteiger partial charge in [-0.1, -0.05) is 36.4 Å². The van der Waals surface area contributed by atoms with Crippen LogP contribution in [0.25, 0.3) is 0 Å². The summed E-state index contributed by atoms with van der Waals surface area (Å²) >= 11 is 0. The Morgan fingerprint density at radius 2 is 1.57 bits per heavy atom. The molecule has 3 aromatic rings. The molecule has 0 saturated carbocycles. The van der Waals surface area contributed by atoms with Gasteiger partial charge in [-0.15, -0.1) is 0 Å². The first-order chi connectivity index (χ1) is 13.4. The van der Waals surface area contributed by atoms with Gasteiger partial charge in [-0.3, -0.25) is 9.52 Å². The van der Waals surface area contributed by atoms with Gasteiger partial charge in [0.25, 0.3) is 5.91 Å². The molecule has 0 unspecified atom stereocenters. The summed E-state index contributed by atoms with van der Waals surface area (Å²) in [5.74, 6) is 0.367. The highest BCUT2D eigenvalue weighted by atomic mass is 32.2. The highest BCUT2D eigenvalue weighted by molar-refractivity contribution is 7.92. The fourth-order valence-corrected chi connectivity index (χ4v) is 3.08. The summed E-state index contributed by atoms with van der Waals surface area (Å²) in [5.41, 5.74) is 2.40. The summed E-state index contributed by atoms with van der Waals surface area (Å²) in [6.07, 6.45) is 1.07. The van der Waals surface area contributed by atoms with Crippen molar-refractivity contribution in [2.75, 3.05) is 16.3 Å². The van der Waals surface area contributed by atoms with E-state index in [-0.39, 0.29) is 5.91 Å². The number of carbonyl (C=O) groups excluding carboxylic acids is 1. The Labute approximate surface area is 164 Å². The maximum atomic E-state index is 12.4. The highest BCUT2D eigenvalue weighted by Gasteiger charge is 2.08. The van der Waals surface area contributed by atoms with Crippen LogP contribution in [0, 0.1) is 0 Å². The lowest BCUT2D eigenvalue weighted by Gasteiger charge is -2.09. The zero-order chi connectivity index (χ0) is 20.0. The van der Waals surface area contributed by atoms with Gasteiger partial charge in [-0.05, 0) is 48.0 Å². The number of amides is 1. The standard InChI is InChI=1S/C21H20N2O4S/c1-28(25,26)23-19-9-5-8-18(14-19)22-21(24)17-10-12-20(13-11-17)27-15-16-6-3-2-4-7-16/h2-14,23H,15H2,1H3,(H,22,24). The number of benzene rings is 3. The van der Waals surface area contributed by atoms with Crippen molar-refractivity contribution in [1.82, 2.24) is 0 Å². The van der Waals surface area contributed by atoms with Gasteiger partial charge in [0, 0.05) is 11.3 Å². The molecular formula is C21H20N2O4S. The maximum absolute atomic E-state index is 12.4. The second-order valence-electron chi connectivity index (χ2n) is 6.21. The van der Waals surface area contributed by atoms with Crippen LogP contribution in [0.15, 0.2) is 78.9 Å². The van der Waals surface area contributed by atoms with Crippen LogP contribution in [-0.4, -0.2) is 20.6 Å². The van der Waals surface area contributed by atoms with Gasteiger partial charge in [-0.2, -0.15) is 0 Å². The fraction of sp³-hybridized carbons (Fsp3) is 0.0952. The smallest absolute Gasteiger partial charge is 0.255 e. The molecule has 144 valence electrons. The molecule has 28 heavy (non-hydrogen) atoms. The zero-order valence-corrected chi connectivity index (χ0v) is 16.1. The Balaban J connectivity index is 1.61. The Kier molecular flexibility index (Phi) is 5.96. The van der Waals surface area contributed by atoms with Crippen LogP contribution in [0.3, 0.4) is 0 Å². The molecule has 0 saturated heterocycles. The SMILES string of the molecule is CS(=O)(=O)Nc1cccc(NC(=O)c2ccc(OCc3ccccc3)cc2)c1. The molecule has 0 radical (unpaired) electrons. The zero-order valence-electron chi connectivity index (χ0n) is 15.3. The molecule has 0 aromatic heterocycles. The molecule has 0 spiro atoms. The van der Waals surface area contributed by atoms with Crippen LogP contribution < -0.4 is 14.8 Å². The van der Waals surface area contributed by atoms with E-state index >= 15 is 0 Å². The van der Waals surface area contributed by atoms with Crippen LogP contribution in [0.1, 0.15) is 15.9 Å². The van der Waals surface area contributed by atoms with Crippen LogP contribution in [-0.2, 0) is 16.6 Å². The van der Waals surface area contributed by atoms with E-state index in [2.05, 4.69) is 10.0 Å². The topological polar surface area (TPSA) is 84.5 Å². The van der Waals surface area contributed by atoms with E-state index in [1.54, 1.807) is 48.5 Å². The van der Waals surface area contributed by atoms with Crippen molar-refractivity contribution in [1.29, 1.82) is 0 Å². The molecule has 0 heterocycles. The van der Waals surface area contributed by atoms with Crippen molar-refractivity contribution in [3.8, 4) is 5.75 Å². The fourth-order valence-electron chi connectivity index (χ4n) is 2.52. The number of sulfonamides is 1. The number of carbonyl (C=O) groups is 1. The van der Waals surface area contributed by atoms with E-state index in [1.165, 1.54) is 0 Å². The largest absolute Gasteiger partial charge is 0.489 e. The summed E-state index contributed by atoms with van der Waals surface area (Å²) in [5, 5.41) is 2.75. The van der Waals surface area contributed by atoms with Crippen molar-refractivity contribution in [3.05, 3.63) is 90.0 Å². The average molecular weight is 396 g/mol. The van der Waals surface area contributed by atoms with Crippen molar-refractivity contribution >= 4 is 27.3 Å². The number of ether oxygens (including phenoxy) is 1. The second kappa shape index (κ2) is 8.58. The molecule has 0 fully saturated rings. The minimum absolute atomic E-state index is 0.300. The minimum Gasteiger partial charge on any atom is -0.489 e. The third-order valence-electron chi connectivity index (χ3n) is 3.79. The normalized spacial score (nSPS) is 10.9. The number of rotatable bonds is 7. The Hall–Kier alpha value is -3.32. The molecule has 3 rings (SSSR count). The van der Waals surface area contributed by atoms with Gasteiger partial charge >= 0.3 is 0 Å². The Bertz CT molecular complexity index is 1050. The number of hydrogen-bond donors (Lipinski definition) is 2. The minimum atomic E-state index is -3.38.